The molecule has 2 aromatic carbocycles. The van der Waals surface area contributed by atoms with E-state index < -0.39 is 0 Å². The molecule has 4 nitrogen and oxygen atoms in total. The summed E-state index contributed by atoms with van der Waals surface area (Å²) in [7, 11) is 0. The van der Waals surface area contributed by atoms with E-state index in [4.69, 9.17) is 14.2 Å². The number of hydrogen-bond donors (Lipinski definition) is 0. The Labute approximate surface area is 154 Å². The summed E-state index contributed by atoms with van der Waals surface area (Å²) in [4.78, 5) is 0. The summed E-state index contributed by atoms with van der Waals surface area (Å²) in [5.74, 6) is 2.69. The number of ether oxygens (including phenoxy) is 3. The van der Waals surface area contributed by atoms with Crippen LogP contribution in [-0.4, -0.2) is 24.4 Å². The Kier molecular flexibility index (Phi) is 4.74. The molecule has 1 aliphatic rings. The molecule has 0 unspecified atom stereocenters. The van der Waals surface area contributed by atoms with Crippen molar-refractivity contribution in [3.63, 3.8) is 0 Å². The highest BCUT2D eigenvalue weighted by Crippen LogP contribution is 2.33. The van der Waals surface area contributed by atoms with Crippen LogP contribution in [0.25, 0.3) is 10.9 Å². The van der Waals surface area contributed by atoms with Crippen LogP contribution in [0, 0.1) is 0 Å². The van der Waals surface area contributed by atoms with Crippen LogP contribution < -0.4 is 14.2 Å². The van der Waals surface area contributed by atoms with Crippen molar-refractivity contribution >= 4 is 10.9 Å². The zero-order valence-electron chi connectivity index (χ0n) is 15.5. The van der Waals surface area contributed by atoms with Crippen LogP contribution in [-0.2, 0) is 13.0 Å². The topological polar surface area (TPSA) is 32.6 Å². The van der Waals surface area contributed by atoms with Gasteiger partial charge in [-0.3, -0.25) is 0 Å². The minimum Gasteiger partial charge on any atom is -0.493 e. The van der Waals surface area contributed by atoms with E-state index in [1.54, 1.807) is 0 Å². The fraction of sp³-hybridized carbons (Fsp3) is 0.364. The molecule has 0 aliphatic carbocycles. The predicted octanol–water partition coefficient (Wildman–Crippen LogP) is 4.81. The smallest absolute Gasteiger partial charge is 0.161 e. The van der Waals surface area contributed by atoms with Crippen molar-refractivity contribution in [2.24, 2.45) is 0 Å². The zero-order chi connectivity index (χ0) is 17.9. The average Bonchev–Trinajstić information content (AvgIpc) is 3.08. The molecule has 0 N–H and O–H groups in total. The molecular weight excluding hydrogens is 326 g/mol. The summed E-state index contributed by atoms with van der Waals surface area (Å²) in [5, 5.41) is 1.28. The van der Waals surface area contributed by atoms with Crippen LogP contribution in [0.2, 0.25) is 0 Å². The van der Waals surface area contributed by atoms with Crippen LogP contribution in [0.4, 0.5) is 0 Å². The van der Waals surface area contributed by atoms with Gasteiger partial charge in [0.05, 0.1) is 6.61 Å². The predicted molar refractivity (Wildman–Crippen MR) is 104 cm³/mol. The van der Waals surface area contributed by atoms with Crippen molar-refractivity contribution in [2.75, 3.05) is 19.8 Å². The number of rotatable bonds is 6. The van der Waals surface area contributed by atoms with E-state index in [-0.39, 0.29) is 0 Å². The van der Waals surface area contributed by atoms with E-state index in [9.17, 15) is 0 Å². The summed E-state index contributed by atoms with van der Waals surface area (Å²) < 4.78 is 19.5. The Balaban J connectivity index is 1.65. The van der Waals surface area contributed by atoms with Gasteiger partial charge in [-0.05, 0) is 48.7 Å². The van der Waals surface area contributed by atoms with Crippen molar-refractivity contribution in [1.82, 2.24) is 4.57 Å². The standard InChI is InChI=1S/C22H25NO3/c1-3-11-24-20-8-6-19-18(17(20)4-2)9-10-23(19)15-16-5-7-21-22(14-16)26-13-12-25-21/h5-10,14H,3-4,11-13,15H2,1-2H3. The van der Waals surface area contributed by atoms with Crippen molar-refractivity contribution in [2.45, 2.75) is 33.2 Å². The first-order chi connectivity index (χ1) is 12.8. The molecule has 0 radical (unpaired) electrons. The van der Waals surface area contributed by atoms with Crippen molar-refractivity contribution in [1.29, 1.82) is 0 Å². The first-order valence-corrected chi connectivity index (χ1v) is 9.42. The third-order valence-electron chi connectivity index (χ3n) is 4.80. The molecule has 0 saturated heterocycles. The van der Waals surface area contributed by atoms with Gasteiger partial charge in [-0.25, -0.2) is 0 Å². The van der Waals surface area contributed by atoms with Crippen molar-refractivity contribution in [3.05, 3.63) is 53.7 Å². The SMILES string of the molecule is CCCOc1ccc2c(ccn2Cc2ccc3c(c2)OCCO3)c1CC. The summed E-state index contributed by atoms with van der Waals surface area (Å²) in [6, 6.07) is 12.7. The number of aryl methyl sites for hydroxylation is 1. The first-order valence-electron chi connectivity index (χ1n) is 9.42. The molecule has 0 amide bonds. The van der Waals surface area contributed by atoms with Gasteiger partial charge < -0.3 is 18.8 Å². The number of nitrogens with zero attached hydrogens (tertiary/aromatic N) is 1. The molecule has 1 aromatic heterocycles. The van der Waals surface area contributed by atoms with E-state index in [0.717, 1.165) is 43.2 Å². The lowest BCUT2D eigenvalue weighted by atomic mass is 10.1. The van der Waals surface area contributed by atoms with Gasteiger partial charge in [0.15, 0.2) is 11.5 Å². The van der Waals surface area contributed by atoms with Crippen LogP contribution in [0.1, 0.15) is 31.4 Å². The minimum atomic E-state index is 0.614. The first kappa shape index (κ1) is 16.8. The summed E-state index contributed by atoms with van der Waals surface area (Å²) in [5.41, 5.74) is 3.73. The molecule has 4 heteroatoms. The molecule has 136 valence electrons. The Morgan fingerprint density at radius 3 is 2.65 bits per heavy atom. The lowest BCUT2D eigenvalue weighted by Gasteiger charge is -2.19. The van der Waals surface area contributed by atoms with E-state index in [1.807, 2.05) is 6.07 Å². The molecule has 0 fully saturated rings. The molecule has 0 saturated carbocycles. The monoisotopic (exact) mass is 351 g/mol. The van der Waals surface area contributed by atoms with E-state index in [2.05, 4.69) is 54.9 Å². The molecule has 0 spiro atoms. The molecule has 0 atom stereocenters. The third-order valence-corrected chi connectivity index (χ3v) is 4.80. The normalized spacial score (nSPS) is 13.2. The van der Waals surface area contributed by atoms with E-state index in [0.29, 0.717) is 13.2 Å². The summed E-state index contributed by atoms with van der Waals surface area (Å²) in [6.07, 6.45) is 4.14. The van der Waals surface area contributed by atoms with Crippen LogP contribution >= 0.6 is 0 Å². The Hall–Kier alpha value is -2.62. The van der Waals surface area contributed by atoms with Gasteiger partial charge in [-0.15, -0.1) is 0 Å². The summed E-state index contributed by atoms with van der Waals surface area (Å²) >= 11 is 0. The molecule has 0 bridgehead atoms. The third kappa shape index (κ3) is 3.12. The van der Waals surface area contributed by atoms with Crippen molar-refractivity contribution in [3.8, 4) is 17.2 Å². The molecule has 2 heterocycles. The highest BCUT2D eigenvalue weighted by atomic mass is 16.6. The Morgan fingerprint density at radius 1 is 1.00 bits per heavy atom. The second-order valence-electron chi connectivity index (χ2n) is 6.60. The van der Waals surface area contributed by atoms with Gasteiger partial charge in [-0.1, -0.05) is 19.9 Å². The maximum absolute atomic E-state index is 5.94. The Bertz CT molecular complexity index is 913. The van der Waals surface area contributed by atoms with Crippen LogP contribution in [0.15, 0.2) is 42.6 Å². The Morgan fingerprint density at radius 2 is 1.85 bits per heavy atom. The molecule has 26 heavy (non-hydrogen) atoms. The van der Waals surface area contributed by atoms with Gasteiger partial charge in [0.2, 0.25) is 0 Å². The highest BCUT2D eigenvalue weighted by Gasteiger charge is 2.14. The quantitative estimate of drug-likeness (QED) is 0.639. The second kappa shape index (κ2) is 7.32. The maximum Gasteiger partial charge on any atom is 0.161 e. The van der Waals surface area contributed by atoms with Gasteiger partial charge >= 0.3 is 0 Å². The zero-order valence-corrected chi connectivity index (χ0v) is 15.5. The summed E-state index contributed by atoms with van der Waals surface area (Å²) in [6.45, 7) is 7.12. The fourth-order valence-electron chi connectivity index (χ4n) is 3.55. The molecule has 4 rings (SSSR count). The van der Waals surface area contributed by atoms with Gasteiger partial charge in [0, 0.05) is 29.2 Å². The fourth-order valence-corrected chi connectivity index (χ4v) is 3.55. The number of aromatic nitrogens is 1. The minimum absolute atomic E-state index is 0.614. The second-order valence-corrected chi connectivity index (χ2v) is 6.60. The molecular formula is C22H25NO3. The number of fused-ring (bicyclic) bond motifs is 2. The van der Waals surface area contributed by atoms with Crippen LogP contribution in [0.3, 0.4) is 0 Å². The van der Waals surface area contributed by atoms with Gasteiger partial charge in [0.25, 0.3) is 0 Å². The number of benzene rings is 2. The molecule has 1 aliphatic heterocycles. The maximum atomic E-state index is 5.94. The molecule has 3 aromatic rings. The van der Waals surface area contributed by atoms with Gasteiger partial charge in [-0.2, -0.15) is 0 Å². The van der Waals surface area contributed by atoms with E-state index in [1.165, 1.54) is 22.0 Å². The van der Waals surface area contributed by atoms with Gasteiger partial charge in [0.1, 0.15) is 19.0 Å². The van der Waals surface area contributed by atoms with E-state index >= 15 is 0 Å². The number of hydrogen-bond acceptors (Lipinski definition) is 3. The lowest BCUT2D eigenvalue weighted by Crippen LogP contribution is -2.15. The lowest BCUT2D eigenvalue weighted by molar-refractivity contribution is 0.171. The highest BCUT2D eigenvalue weighted by molar-refractivity contribution is 5.86. The van der Waals surface area contributed by atoms with Crippen LogP contribution in [0.5, 0.6) is 17.2 Å². The largest absolute Gasteiger partial charge is 0.493 e. The van der Waals surface area contributed by atoms with Crippen molar-refractivity contribution < 1.29 is 14.2 Å². The average molecular weight is 351 g/mol.